The molecule has 0 aliphatic carbocycles. The van der Waals surface area contributed by atoms with Crippen LogP contribution < -0.4 is 5.32 Å². The van der Waals surface area contributed by atoms with Gasteiger partial charge in [-0.05, 0) is 25.5 Å². The van der Waals surface area contributed by atoms with Gasteiger partial charge in [-0.1, -0.05) is 6.92 Å². The molecule has 0 fully saturated rings. The van der Waals surface area contributed by atoms with Gasteiger partial charge in [0.15, 0.2) is 0 Å². The van der Waals surface area contributed by atoms with E-state index < -0.39 is 0 Å². The Labute approximate surface area is 141 Å². The Hall–Kier alpha value is -2.70. The van der Waals surface area contributed by atoms with Gasteiger partial charge in [0, 0.05) is 25.7 Å². The number of carbonyl (C=O) groups excluding carboxylic acids is 2. The first kappa shape index (κ1) is 17.7. The fraction of sp³-hybridized carbons (Fsp3) is 0.412. The molecule has 2 rings (SSSR count). The minimum Gasteiger partial charge on any atom is -0.467 e. The Balaban J connectivity index is 2.05. The average Bonchev–Trinajstić information content (AvgIpc) is 3.10. The Morgan fingerprint density at radius 3 is 2.75 bits per heavy atom. The Bertz CT molecular complexity index is 653. The second-order valence-corrected chi connectivity index (χ2v) is 5.45. The molecule has 7 heteroatoms. The lowest BCUT2D eigenvalue weighted by molar-refractivity contribution is -0.121. The van der Waals surface area contributed by atoms with Crippen LogP contribution in [-0.4, -0.2) is 39.8 Å². The molecule has 0 radical (unpaired) electrons. The van der Waals surface area contributed by atoms with Gasteiger partial charge in [-0.2, -0.15) is 0 Å². The highest BCUT2D eigenvalue weighted by molar-refractivity contribution is 5.92. The minimum atomic E-state index is -0.276. The number of furan rings is 1. The summed E-state index contributed by atoms with van der Waals surface area (Å²) in [6.45, 7) is 4.99. The van der Waals surface area contributed by atoms with E-state index in [0.717, 1.165) is 12.1 Å². The summed E-state index contributed by atoms with van der Waals surface area (Å²) < 4.78 is 5.31. The van der Waals surface area contributed by atoms with Crippen molar-refractivity contribution in [3.63, 3.8) is 0 Å². The van der Waals surface area contributed by atoms with Crippen molar-refractivity contribution in [3.05, 3.63) is 47.9 Å². The van der Waals surface area contributed by atoms with Gasteiger partial charge in [-0.3, -0.25) is 14.6 Å². The Morgan fingerprint density at radius 1 is 1.29 bits per heavy atom. The third-order valence-electron chi connectivity index (χ3n) is 3.40. The summed E-state index contributed by atoms with van der Waals surface area (Å²) in [5.74, 6) is 0.295. The molecule has 0 bridgehead atoms. The lowest BCUT2D eigenvalue weighted by Crippen LogP contribution is -2.35. The molecule has 0 spiro atoms. The average molecular weight is 330 g/mol. The maximum Gasteiger partial charge on any atom is 0.274 e. The van der Waals surface area contributed by atoms with Crippen LogP contribution in [-0.2, 0) is 11.3 Å². The molecule has 2 aromatic heterocycles. The lowest BCUT2D eigenvalue weighted by atomic mass is 10.2. The normalized spacial score (nSPS) is 10.4. The predicted molar refractivity (Wildman–Crippen MR) is 88.1 cm³/mol. The van der Waals surface area contributed by atoms with E-state index >= 15 is 0 Å². The van der Waals surface area contributed by atoms with E-state index in [0.29, 0.717) is 12.3 Å². The van der Waals surface area contributed by atoms with Crippen LogP contribution in [0.2, 0.25) is 0 Å². The second kappa shape index (κ2) is 8.81. The quantitative estimate of drug-likeness (QED) is 0.799. The van der Waals surface area contributed by atoms with Gasteiger partial charge in [0.05, 0.1) is 24.7 Å². The Kier molecular flexibility index (Phi) is 6.48. The van der Waals surface area contributed by atoms with Crippen molar-refractivity contribution in [1.29, 1.82) is 0 Å². The lowest BCUT2D eigenvalue weighted by Gasteiger charge is -2.21. The summed E-state index contributed by atoms with van der Waals surface area (Å²) in [5.41, 5.74) is 0.990. The number of aromatic nitrogens is 2. The summed E-state index contributed by atoms with van der Waals surface area (Å²) in [7, 11) is 0. The van der Waals surface area contributed by atoms with Crippen molar-refractivity contribution in [3.8, 4) is 0 Å². The summed E-state index contributed by atoms with van der Waals surface area (Å²) in [4.78, 5) is 34.2. The molecular formula is C17H22N4O3. The highest BCUT2D eigenvalue weighted by Gasteiger charge is 2.19. The number of nitrogens with zero attached hydrogens (tertiary/aromatic N) is 3. The second-order valence-electron chi connectivity index (χ2n) is 5.45. The monoisotopic (exact) mass is 330 g/mol. The number of amides is 2. The predicted octanol–water partition coefficient (Wildman–Crippen LogP) is 1.94. The molecule has 24 heavy (non-hydrogen) atoms. The van der Waals surface area contributed by atoms with Crippen molar-refractivity contribution >= 4 is 11.8 Å². The number of hydrogen-bond acceptors (Lipinski definition) is 5. The van der Waals surface area contributed by atoms with E-state index in [1.807, 2.05) is 6.92 Å². The first-order valence-corrected chi connectivity index (χ1v) is 7.97. The van der Waals surface area contributed by atoms with Crippen LogP contribution in [0.25, 0.3) is 0 Å². The third-order valence-corrected chi connectivity index (χ3v) is 3.40. The van der Waals surface area contributed by atoms with E-state index in [4.69, 9.17) is 4.42 Å². The molecule has 7 nitrogen and oxygen atoms in total. The summed E-state index contributed by atoms with van der Waals surface area (Å²) >= 11 is 0. The Morgan fingerprint density at radius 2 is 2.12 bits per heavy atom. The van der Waals surface area contributed by atoms with Crippen molar-refractivity contribution < 1.29 is 14.0 Å². The first-order chi connectivity index (χ1) is 11.6. The van der Waals surface area contributed by atoms with Gasteiger partial charge in [0.25, 0.3) is 5.91 Å². The highest BCUT2D eigenvalue weighted by atomic mass is 16.3. The number of hydrogen-bond donors (Lipinski definition) is 1. The molecule has 0 saturated carbocycles. The van der Waals surface area contributed by atoms with Crippen LogP contribution in [0.4, 0.5) is 0 Å². The first-order valence-electron chi connectivity index (χ1n) is 7.97. The standard InChI is InChI=1S/C17H22N4O3/c1-3-7-18-16(22)6-8-21(12-14-5-4-9-24-14)17(23)15-11-19-13(2)10-20-15/h4-5,9-11H,3,6-8,12H2,1-2H3,(H,18,22). The van der Waals surface area contributed by atoms with Crippen molar-refractivity contribution in [2.75, 3.05) is 13.1 Å². The van der Waals surface area contributed by atoms with Crippen LogP contribution in [0, 0.1) is 6.92 Å². The van der Waals surface area contributed by atoms with Crippen LogP contribution in [0.1, 0.15) is 41.7 Å². The maximum atomic E-state index is 12.7. The minimum absolute atomic E-state index is 0.0796. The summed E-state index contributed by atoms with van der Waals surface area (Å²) in [6, 6.07) is 3.55. The number of aryl methyl sites for hydroxylation is 1. The van der Waals surface area contributed by atoms with Crippen LogP contribution >= 0.6 is 0 Å². The molecule has 1 N–H and O–H groups in total. The number of nitrogens with one attached hydrogen (secondary N) is 1. The van der Waals surface area contributed by atoms with Gasteiger partial charge in [0.1, 0.15) is 11.5 Å². The van der Waals surface area contributed by atoms with Gasteiger partial charge in [0.2, 0.25) is 5.91 Å². The highest BCUT2D eigenvalue weighted by Crippen LogP contribution is 2.10. The molecular weight excluding hydrogens is 308 g/mol. The summed E-state index contributed by atoms with van der Waals surface area (Å²) in [5, 5.41) is 2.80. The van der Waals surface area contributed by atoms with Gasteiger partial charge in [-0.25, -0.2) is 4.98 Å². The number of carbonyl (C=O) groups is 2. The molecule has 2 heterocycles. The largest absolute Gasteiger partial charge is 0.467 e. The zero-order valence-electron chi connectivity index (χ0n) is 14.0. The van der Waals surface area contributed by atoms with E-state index in [-0.39, 0.29) is 37.0 Å². The van der Waals surface area contributed by atoms with E-state index in [2.05, 4.69) is 15.3 Å². The smallest absolute Gasteiger partial charge is 0.274 e. The molecule has 0 unspecified atom stereocenters. The maximum absolute atomic E-state index is 12.7. The molecule has 0 aliphatic heterocycles. The van der Waals surface area contributed by atoms with E-state index in [9.17, 15) is 9.59 Å². The topological polar surface area (TPSA) is 88.3 Å². The van der Waals surface area contributed by atoms with Crippen molar-refractivity contribution in [2.24, 2.45) is 0 Å². The van der Waals surface area contributed by atoms with Gasteiger partial charge >= 0.3 is 0 Å². The molecule has 2 aromatic rings. The molecule has 2 amide bonds. The van der Waals surface area contributed by atoms with E-state index in [1.165, 1.54) is 6.20 Å². The fourth-order valence-electron chi connectivity index (χ4n) is 2.10. The van der Waals surface area contributed by atoms with Crippen LogP contribution in [0.3, 0.4) is 0 Å². The number of rotatable bonds is 8. The third kappa shape index (κ3) is 5.19. The van der Waals surface area contributed by atoms with Crippen molar-refractivity contribution in [1.82, 2.24) is 20.2 Å². The van der Waals surface area contributed by atoms with Gasteiger partial charge < -0.3 is 14.6 Å². The zero-order valence-corrected chi connectivity index (χ0v) is 14.0. The summed E-state index contributed by atoms with van der Waals surface area (Å²) in [6.07, 6.45) is 5.65. The SMILES string of the molecule is CCCNC(=O)CCN(Cc1ccco1)C(=O)c1cnc(C)cn1. The molecule has 128 valence electrons. The molecule has 0 saturated heterocycles. The van der Waals surface area contributed by atoms with E-state index in [1.54, 1.807) is 36.4 Å². The molecule has 0 aromatic carbocycles. The van der Waals surface area contributed by atoms with Crippen LogP contribution in [0.5, 0.6) is 0 Å². The fourth-order valence-corrected chi connectivity index (χ4v) is 2.10. The van der Waals surface area contributed by atoms with Gasteiger partial charge in [-0.15, -0.1) is 0 Å². The zero-order chi connectivity index (χ0) is 17.4. The van der Waals surface area contributed by atoms with Crippen LogP contribution in [0.15, 0.2) is 35.2 Å². The molecule has 0 atom stereocenters. The van der Waals surface area contributed by atoms with Crippen molar-refractivity contribution in [2.45, 2.75) is 33.2 Å². The molecule has 0 aliphatic rings.